The van der Waals surface area contributed by atoms with Gasteiger partial charge < -0.3 is 5.11 Å². The van der Waals surface area contributed by atoms with E-state index in [-0.39, 0.29) is 0 Å². The van der Waals surface area contributed by atoms with Gasteiger partial charge in [0.1, 0.15) is 5.75 Å². The van der Waals surface area contributed by atoms with Crippen LogP contribution in [-0.4, -0.2) is 5.11 Å². The molecule has 0 aliphatic carbocycles. The van der Waals surface area contributed by atoms with Crippen LogP contribution in [0.2, 0.25) is 0 Å². The molecule has 0 heterocycles. The van der Waals surface area contributed by atoms with E-state index in [4.69, 9.17) is 0 Å². The third kappa shape index (κ3) is 1.94. The first-order valence-corrected chi connectivity index (χ1v) is 4.58. The molecule has 14 heavy (non-hydrogen) atoms. The highest BCUT2D eigenvalue weighted by molar-refractivity contribution is 5.35. The molecule has 0 bridgehead atoms. The van der Waals surface area contributed by atoms with Crippen molar-refractivity contribution in [2.45, 2.75) is 6.42 Å². The molecule has 1 radical (unpaired) electrons. The van der Waals surface area contributed by atoms with Crippen LogP contribution >= 0.6 is 0 Å². The van der Waals surface area contributed by atoms with Gasteiger partial charge in [-0.1, -0.05) is 36.4 Å². The number of phenolic OH excluding ortho intramolecular Hbond substituents is 1. The Morgan fingerprint density at radius 2 is 1.86 bits per heavy atom. The molecule has 0 atom stereocenters. The highest BCUT2D eigenvalue weighted by Crippen LogP contribution is 2.18. The molecule has 2 aromatic rings. The normalized spacial score (nSPS) is 10.0. The Morgan fingerprint density at radius 1 is 1.07 bits per heavy atom. The summed E-state index contributed by atoms with van der Waals surface area (Å²) in [6.07, 6.45) is 0.754. The van der Waals surface area contributed by atoms with Crippen LogP contribution in [0.5, 0.6) is 5.75 Å². The predicted octanol–water partition coefficient (Wildman–Crippen LogP) is 2.78. The van der Waals surface area contributed by atoms with Crippen LogP contribution < -0.4 is 0 Å². The molecule has 2 rings (SSSR count). The summed E-state index contributed by atoms with van der Waals surface area (Å²) >= 11 is 0. The van der Waals surface area contributed by atoms with Crippen LogP contribution in [0.15, 0.2) is 48.5 Å². The van der Waals surface area contributed by atoms with Crippen LogP contribution in [0.3, 0.4) is 0 Å². The fraction of sp³-hybridized carbons (Fsp3) is 0.0769. The number of phenols is 1. The van der Waals surface area contributed by atoms with Crippen molar-refractivity contribution in [1.29, 1.82) is 0 Å². The zero-order chi connectivity index (χ0) is 9.80. The van der Waals surface area contributed by atoms with Crippen molar-refractivity contribution in [3.05, 3.63) is 65.7 Å². The largest absolute Gasteiger partial charge is 0.508 e. The molecule has 0 aliphatic heterocycles. The lowest BCUT2D eigenvalue weighted by molar-refractivity contribution is 0.469. The van der Waals surface area contributed by atoms with Crippen molar-refractivity contribution in [2.75, 3.05) is 0 Å². The molecule has 0 aromatic heterocycles. The van der Waals surface area contributed by atoms with Gasteiger partial charge in [0.25, 0.3) is 0 Å². The summed E-state index contributed by atoms with van der Waals surface area (Å²) in [5, 5.41) is 9.55. The summed E-state index contributed by atoms with van der Waals surface area (Å²) in [5.41, 5.74) is 2.11. The second-order valence-corrected chi connectivity index (χ2v) is 3.22. The highest BCUT2D eigenvalue weighted by atomic mass is 16.3. The Bertz CT molecular complexity index is 407. The first kappa shape index (κ1) is 8.82. The minimum Gasteiger partial charge on any atom is -0.508 e. The Labute approximate surface area is 83.6 Å². The average molecular weight is 183 g/mol. The van der Waals surface area contributed by atoms with E-state index in [1.54, 1.807) is 12.1 Å². The highest BCUT2D eigenvalue weighted by Gasteiger charge is 1.99. The molecule has 0 spiro atoms. The van der Waals surface area contributed by atoms with Gasteiger partial charge in [-0.3, -0.25) is 0 Å². The van der Waals surface area contributed by atoms with Gasteiger partial charge in [-0.05, 0) is 29.3 Å². The van der Waals surface area contributed by atoms with Gasteiger partial charge in [-0.15, -0.1) is 0 Å². The predicted molar refractivity (Wildman–Crippen MR) is 56.2 cm³/mol. The topological polar surface area (TPSA) is 20.2 Å². The van der Waals surface area contributed by atoms with E-state index in [1.807, 2.05) is 36.4 Å². The van der Waals surface area contributed by atoms with Crippen molar-refractivity contribution < 1.29 is 5.11 Å². The fourth-order valence-electron chi connectivity index (χ4n) is 1.41. The van der Waals surface area contributed by atoms with Gasteiger partial charge in [-0.2, -0.15) is 0 Å². The standard InChI is InChI=1S/C13H11O/c14-13-9-5-4-8-12(13)10-11-6-2-1-3-7-11/h1-3,5-9,14H,10H2. The summed E-state index contributed by atoms with van der Waals surface area (Å²) in [7, 11) is 0. The molecule has 0 unspecified atom stereocenters. The Hall–Kier alpha value is -1.76. The second-order valence-electron chi connectivity index (χ2n) is 3.22. The van der Waals surface area contributed by atoms with E-state index in [2.05, 4.69) is 6.07 Å². The maximum Gasteiger partial charge on any atom is 0.119 e. The van der Waals surface area contributed by atoms with Gasteiger partial charge in [-0.25, -0.2) is 0 Å². The molecular formula is C13H11O. The van der Waals surface area contributed by atoms with E-state index in [0.29, 0.717) is 5.75 Å². The maximum absolute atomic E-state index is 9.55. The van der Waals surface area contributed by atoms with Gasteiger partial charge in [0.2, 0.25) is 0 Å². The van der Waals surface area contributed by atoms with Gasteiger partial charge >= 0.3 is 0 Å². The number of hydrogen-bond acceptors (Lipinski definition) is 1. The van der Waals surface area contributed by atoms with Crippen molar-refractivity contribution >= 4 is 0 Å². The first-order chi connectivity index (χ1) is 6.86. The summed E-state index contributed by atoms with van der Waals surface area (Å²) in [6, 6.07) is 18.2. The summed E-state index contributed by atoms with van der Waals surface area (Å²) in [5.74, 6) is 0.340. The maximum atomic E-state index is 9.55. The van der Waals surface area contributed by atoms with Crippen LogP contribution in [0, 0.1) is 6.07 Å². The molecule has 1 heteroatoms. The Balaban J connectivity index is 2.24. The molecule has 69 valence electrons. The molecule has 0 saturated heterocycles. The molecule has 0 saturated carbocycles. The summed E-state index contributed by atoms with van der Waals surface area (Å²) in [4.78, 5) is 0. The summed E-state index contributed by atoms with van der Waals surface area (Å²) in [6.45, 7) is 0. The zero-order valence-electron chi connectivity index (χ0n) is 7.77. The molecule has 0 fully saturated rings. The molecule has 0 amide bonds. The van der Waals surface area contributed by atoms with E-state index < -0.39 is 0 Å². The third-order valence-electron chi connectivity index (χ3n) is 2.16. The number of hydrogen-bond donors (Lipinski definition) is 1. The van der Waals surface area contributed by atoms with E-state index in [1.165, 1.54) is 5.56 Å². The van der Waals surface area contributed by atoms with Crippen molar-refractivity contribution in [3.63, 3.8) is 0 Å². The van der Waals surface area contributed by atoms with Gasteiger partial charge in [0.05, 0.1) is 0 Å². The monoisotopic (exact) mass is 183 g/mol. The Kier molecular flexibility index (Phi) is 2.50. The molecule has 1 nitrogen and oxygen atoms in total. The number of benzene rings is 2. The quantitative estimate of drug-likeness (QED) is 0.759. The fourth-order valence-corrected chi connectivity index (χ4v) is 1.41. The second kappa shape index (κ2) is 3.97. The van der Waals surface area contributed by atoms with Gasteiger partial charge in [0, 0.05) is 6.42 Å². The van der Waals surface area contributed by atoms with Crippen molar-refractivity contribution in [3.8, 4) is 5.75 Å². The van der Waals surface area contributed by atoms with E-state index in [9.17, 15) is 5.11 Å². The van der Waals surface area contributed by atoms with E-state index in [0.717, 1.165) is 12.0 Å². The lowest BCUT2D eigenvalue weighted by Crippen LogP contribution is -1.87. The molecule has 2 aromatic carbocycles. The van der Waals surface area contributed by atoms with Crippen LogP contribution in [0.4, 0.5) is 0 Å². The smallest absolute Gasteiger partial charge is 0.119 e. The van der Waals surface area contributed by atoms with Gasteiger partial charge in [0.15, 0.2) is 0 Å². The number of aromatic hydroxyl groups is 1. The SMILES string of the molecule is Oc1cc[c]cc1Cc1ccccc1. The van der Waals surface area contributed by atoms with E-state index >= 15 is 0 Å². The molecule has 1 N–H and O–H groups in total. The third-order valence-corrected chi connectivity index (χ3v) is 2.16. The van der Waals surface area contributed by atoms with Crippen molar-refractivity contribution in [1.82, 2.24) is 0 Å². The summed E-state index contributed by atoms with van der Waals surface area (Å²) < 4.78 is 0. The molecule has 0 aliphatic rings. The van der Waals surface area contributed by atoms with Crippen LogP contribution in [0.25, 0.3) is 0 Å². The first-order valence-electron chi connectivity index (χ1n) is 4.58. The Morgan fingerprint density at radius 3 is 2.57 bits per heavy atom. The minimum atomic E-state index is 0.340. The average Bonchev–Trinajstić information content (AvgIpc) is 2.23. The molecular weight excluding hydrogens is 172 g/mol. The van der Waals surface area contributed by atoms with Crippen LogP contribution in [0.1, 0.15) is 11.1 Å². The lowest BCUT2D eigenvalue weighted by Gasteiger charge is -2.03. The van der Waals surface area contributed by atoms with Crippen LogP contribution in [-0.2, 0) is 6.42 Å². The lowest BCUT2D eigenvalue weighted by atomic mass is 10.0. The van der Waals surface area contributed by atoms with Crippen molar-refractivity contribution in [2.24, 2.45) is 0 Å². The number of rotatable bonds is 2. The minimum absolute atomic E-state index is 0.340. The zero-order valence-corrected chi connectivity index (χ0v) is 7.77.